The second-order valence-corrected chi connectivity index (χ2v) is 6.59. The summed E-state index contributed by atoms with van der Waals surface area (Å²) < 4.78 is 6.84. The zero-order chi connectivity index (χ0) is 14.4. The van der Waals surface area contributed by atoms with Gasteiger partial charge in [0.25, 0.3) is 0 Å². The van der Waals surface area contributed by atoms with Gasteiger partial charge in [-0.15, -0.1) is 0 Å². The van der Waals surface area contributed by atoms with E-state index in [0.29, 0.717) is 13.0 Å². The van der Waals surface area contributed by atoms with Gasteiger partial charge in [-0.25, -0.2) is 0 Å². The van der Waals surface area contributed by atoms with E-state index in [9.17, 15) is 5.11 Å². The fourth-order valence-electron chi connectivity index (χ4n) is 3.38. The van der Waals surface area contributed by atoms with Gasteiger partial charge in [-0.1, -0.05) is 46.3 Å². The molecule has 2 atom stereocenters. The molecule has 21 heavy (non-hydrogen) atoms. The van der Waals surface area contributed by atoms with Crippen LogP contribution in [0.5, 0.6) is 0 Å². The van der Waals surface area contributed by atoms with Crippen LogP contribution in [0, 0.1) is 0 Å². The first kappa shape index (κ1) is 13.3. The third kappa shape index (κ3) is 2.01. The molecule has 1 saturated heterocycles. The summed E-state index contributed by atoms with van der Waals surface area (Å²) in [7, 11) is 0. The molecule has 2 aliphatic heterocycles. The van der Waals surface area contributed by atoms with Crippen LogP contribution in [-0.4, -0.2) is 17.9 Å². The van der Waals surface area contributed by atoms with Gasteiger partial charge in [-0.2, -0.15) is 0 Å². The largest absolute Gasteiger partial charge is 0.380 e. The second-order valence-electron chi connectivity index (χ2n) is 5.67. The molecular formula is C17H16BrNO2. The molecule has 3 nitrogen and oxygen atoms in total. The molecule has 2 aromatic rings. The monoisotopic (exact) mass is 345 g/mol. The Kier molecular flexibility index (Phi) is 3.06. The van der Waals surface area contributed by atoms with Crippen molar-refractivity contribution >= 4 is 21.6 Å². The number of hydrogen-bond donors (Lipinski definition) is 1. The van der Waals surface area contributed by atoms with Gasteiger partial charge in [0.05, 0.1) is 6.61 Å². The zero-order valence-electron chi connectivity index (χ0n) is 11.5. The SMILES string of the molecule is OC12CCOC1N(Cc1ccccc1)c1ccc(Br)cc12. The first-order valence-electron chi connectivity index (χ1n) is 7.13. The molecule has 2 aliphatic rings. The third-order valence-corrected chi connectivity index (χ3v) is 4.87. The molecule has 0 saturated carbocycles. The van der Waals surface area contributed by atoms with E-state index in [1.165, 1.54) is 5.56 Å². The lowest BCUT2D eigenvalue weighted by atomic mass is 9.93. The standard InChI is InChI=1S/C17H16BrNO2/c18-13-6-7-15-14(10-13)17(20)8-9-21-16(17)19(15)11-12-4-2-1-3-5-12/h1-7,10,16,20H,8-9,11H2. The number of hydrogen-bond acceptors (Lipinski definition) is 3. The molecule has 0 amide bonds. The van der Waals surface area contributed by atoms with E-state index in [2.05, 4.69) is 39.0 Å². The van der Waals surface area contributed by atoms with Crippen molar-refractivity contribution in [3.63, 3.8) is 0 Å². The Morgan fingerprint density at radius 1 is 1.24 bits per heavy atom. The lowest BCUT2D eigenvalue weighted by Gasteiger charge is -2.28. The van der Waals surface area contributed by atoms with Crippen molar-refractivity contribution in [2.24, 2.45) is 0 Å². The van der Waals surface area contributed by atoms with E-state index in [1.54, 1.807) is 0 Å². The third-order valence-electron chi connectivity index (χ3n) is 4.38. The topological polar surface area (TPSA) is 32.7 Å². The molecule has 0 bridgehead atoms. The van der Waals surface area contributed by atoms with Crippen molar-refractivity contribution in [2.75, 3.05) is 11.5 Å². The summed E-state index contributed by atoms with van der Waals surface area (Å²) in [5.74, 6) is 0. The highest BCUT2D eigenvalue weighted by atomic mass is 79.9. The number of fused-ring (bicyclic) bond motifs is 3. The normalized spacial score (nSPS) is 26.8. The number of rotatable bonds is 2. The molecule has 0 aromatic heterocycles. The van der Waals surface area contributed by atoms with Gasteiger partial charge < -0.3 is 14.7 Å². The van der Waals surface area contributed by atoms with Crippen LogP contribution in [0.1, 0.15) is 17.5 Å². The maximum Gasteiger partial charge on any atom is 0.163 e. The quantitative estimate of drug-likeness (QED) is 0.905. The number of ether oxygens (including phenoxy) is 1. The zero-order valence-corrected chi connectivity index (χ0v) is 13.1. The van der Waals surface area contributed by atoms with E-state index in [-0.39, 0.29) is 6.23 Å². The molecule has 0 spiro atoms. The molecule has 4 rings (SSSR count). The number of anilines is 1. The van der Waals surface area contributed by atoms with Gasteiger partial charge in [-0.3, -0.25) is 0 Å². The maximum absolute atomic E-state index is 11.1. The maximum atomic E-state index is 11.1. The van der Waals surface area contributed by atoms with Crippen molar-refractivity contribution in [1.29, 1.82) is 0 Å². The van der Waals surface area contributed by atoms with Crippen LogP contribution in [-0.2, 0) is 16.9 Å². The van der Waals surface area contributed by atoms with Gasteiger partial charge in [0.2, 0.25) is 0 Å². The van der Waals surface area contributed by atoms with Crippen LogP contribution in [0.3, 0.4) is 0 Å². The fraction of sp³-hybridized carbons (Fsp3) is 0.294. The Hall–Kier alpha value is -1.36. The Bertz CT molecular complexity index is 676. The minimum atomic E-state index is -0.895. The fourth-order valence-corrected chi connectivity index (χ4v) is 3.74. The molecule has 108 valence electrons. The molecule has 1 fully saturated rings. The highest BCUT2D eigenvalue weighted by Gasteiger charge is 2.54. The molecule has 2 unspecified atom stereocenters. The summed E-state index contributed by atoms with van der Waals surface area (Å²) in [5.41, 5.74) is 2.35. The second kappa shape index (κ2) is 4.83. The van der Waals surface area contributed by atoms with Crippen molar-refractivity contribution in [1.82, 2.24) is 0 Å². The highest BCUT2D eigenvalue weighted by molar-refractivity contribution is 9.10. The number of benzene rings is 2. The van der Waals surface area contributed by atoms with Gasteiger partial charge in [0, 0.05) is 28.7 Å². The summed E-state index contributed by atoms with van der Waals surface area (Å²) in [6.45, 7) is 1.33. The van der Waals surface area contributed by atoms with Crippen LogP contribution in [0.2, 0.25) is 0 Å². The Balaban J connectivity index is 1.78. The van der Waals surface area contributed by atoms with Crippen molar-refractivity contribution in [3.05, 3.63) is 64.1 Å². The van der Waals surface area contributed by atoms with Crippen LogP contribution in [0.4, 0.5) is 5.69 Å². The lowest BCUT2D eigenvalue weighted by molar-refractivity contribution is -0.0313. The summed E-state index contributed by atoms with van der Waals surface area (Å²) in [4.78, 5) is 2.17. The minimum Gasteiger partial charge on any atom is -0.380 e. The molecular weight excluding hydrogens is 330 g/mol. The van der Waals surface area contributed by atoms with Crippen LogP contribution in [0.15, 0.2) is 53.0 Å². The predicted octanol–water partition coefficient (Wildman–Crippen LogP) is 3.40. The van der Waals surface area contributed by atoms with Gasteiger partial charge in [0.15, 0.2) is 6.23 Å². The van der Waals surface area contributed by atoms with E-state index in [0.717, 1.165) is 22.3 Å². The van der Waals surface area contributed by atoms with E-state index >= 15 is 0 Å². The summed E-state index contributed by atoms with van der Waals surface area (Å²) in [5, 5.41) is 11.1. The highest BCUT2D eigenvalue weighted by Crippen LogP contribution is 2.50. The number of nitrogens with zero attached hydrogens (tertiary/aromatic N) is 1. The average molecular weight is 346 g/mol. The van der Waals surface area contributed by atoms with Crippen LogP contribution >= 0.6 is 15.9 Å². The molecule has 0 aliphatic carbocycles. The lowest BCUT2D eigenvalue weighted by Crippen LogP contribution is -2.41. The molecule has 2 heterocycles. The van der Waals surface area contributed by atoms with E-state index in [1.807, 2.05) is 30.3 Å². The molecule has 1 N–H and O–H groups in total. The van der Waals surface area contributed by atoms with Crippen LogP contribution < -0.4 is 4.90 Å². The summed E-state index contributed by atoms with van der Waals surface area (Å²) >= 11 is 3.50. The Morgan fingerprint density at radius 3 is 2.86 bits per heavy atom. The smallest absolute Gasteiger partial charge is 0.163 e. The average Bonchev–Trinajstić information content (AvgIpc) is 2.97. The van der Waals surface area contributed by atoms with Crippen LogP contribution in [0.25, 0.3) is 0 Å². The van der Waals surface area contributed by atoms with Crippen molar-refractivity contribution in [2.45, 2.75) is 24.8 Å². The number of aliphatic hydroxyl groups is 1. The first-order chi connectivity index (χ1) is 10.2. The minimum absolute atomic E-state index is 0.290. The van der Waals surface area contributed by atoms with Gasteiger partial charge >= 0.3 is 0 Å². The molecule has 4 heteroatoms. The van der Waals surface area contributed by atoms with Gasteiger partial charge in [0.1, 0.15) is 5.60 Å². The van der Waals surface area contributed by atoms with Gasteiger partial charge in [-0.05, 0) is 23.8 Å². The molecule has 2 aromatic carbocycles. The van der Waals surface area contributed by atoms with E-state index in [4.69, 9.17) is 4.74 Å². The van der Waals surface area contributed by atoms with Crippen molar-refractivity contribution in [3.8, 4) is 0 Å². The Labute approximate surface area is 132 Å². The summed E-state index contributed by atoms with van der Waals surface area (Å²) in [6, 6.07) is 16.4. The first-order valence-corrected chi connectivity index (χ1v) is 7.92. The van der Waals surface area contributed by atoms with E-state index < -0.39 is 5.60 Å². The predicted molar refractivity (Wildman–Crippen MR) is 85.0 cm³/mol. The molecule has 0 radical (unpaired) electrons. The number of halogens is 1. The Morgan fingerprint density at radius 2 is 2.05 bits per heavy atom. The van der Waals surface area contributed by atoms with Crippen molar-refractivity contribution < 1.29 is 9.84 Å². The summed E-state index contributed by atoms with van der Waals surface area (Å²) in [6.07, 6.45) is 0.355.